The SMILES string of the molecule is Cc1ccc(OCCOc2ccc(/C=C3/C(=N)N4N=C(c5cccnc5)SC4=NC3=O)cc2Cl)cc1C. The van der Waals surface area contributed by atoms with Crippen molar-refractivity contribution in [2.45, 2.75) is 13.8 Å². The van der Waals surface area contributed by atoms with Crippen LogP contribution in [0.3, 0.4) is 0 Å². The molecule has 8 nitrogen and oxygen atoms in total. The molecule has 0 saturated heterocycles. The van der Waals surface area contributed by atoms with Gasteiger partial charge < -0.3 is 9.47 Å². The van der Waals surface area contributed by atoms with Gasteiger partial charge in [-0.2, -0.15) is 15.1 Å². The molecular weight excluding hydrogens is 510 g/mol. The van der Waals surface area contributed by atoms with Crippen molar-refractivity contribution in [3.8, 4) is 11.5 Å². The van der Waals surface area contributed by atoms with Gasteiger partial charge in [0.2, 0.25) is 5.17 Å². The standard InChI is InChI=1S/C27H22ClN5O3S/c1-16-5-7-20(12-17(16)2)35-10-11-36-23-8-6-18(14-22(23)28)13-21-24(29)33-27(31-25(21)34)37-26(32-33)19-4-3-9-30-15-19/h3-9,12-15,29H,10-11H2,1-2H3/b21-13-,29-24?. The molecule has 0 spiro atoms. The molecule has 0 unspecified atom stereocenters. The zero-order chi connectivity index (χ0) is 25.9. The largest absolute Gasteiger partial charge is 0.490 e. The van der Waals surface area contributed by atoms with E-state index >= 15 is 0 Å². The minimum atomic E-state index is -0.508. The van der Waals surface area contributed by atoms with Crippen molar-refractivity contribution in [3.05, 3.63) is 93.8 Å². The number of carbonyl (C=O) groups is 1. The molecule has 0 radical (unpaired) electrons. The molecule has 1 aromatic heterocycles. The summed E-state index contributed by atoms with van der Waals surface area (Å²) < 4.78 is 11.5. The molecule has 3 aromatic rings. The number of nitrogens with zero attached hydrogens (tertiary/aromatic N) is 4. The maximum Gasteiger partial charge on any atom is 0.283 e. The van der Waals surface area contributed by atoms with E-state index in [1.165, 1.54) is 27.9 Å². The van der Waals surface area contributed by atoms with Gasteiger partial charge in [-0.05, 0) is 84.8 Å². The highest BCUT2D eigenvalue weighted by atomic mass is 35.5. The van der Waals surface area contributed by atoms with Gasteiger partial charge in [-0.25, -0.2) is 0 Å². The first kappa shape index (κ1) is 24.7. The molecule has 37 heavy (non-hydrogen) atoms. The lowest BCUT2D eigenvalue weighted by Gasteiger charge is -2.20. The Balaban J connectivity index is 1.24. The molecule has 0 atom stereocenters. The quantitative estimate of drug-likeness (QED) is 0.320. The van der Waals surface area contributed by atoms with E-state index in [4.69, 9.17) is 26.5 Å². The van der Waals surface area contributed by atoms with Crippen LogP contribution < -0.4 is 9.47 Å². The fraction of sp³-hybridized carbons (Fsp3) is 0.148. The monoisotopic (exact) mass is 531 g/mol. The number of aliphatic imine (C=N–C) groups is 1. The Bertz CT molecular complexity index is 1490. The number of aromatic nitrogens is 1. The second kappa shape index (κ2) is 10.6. The number of pyridine rings is 1. The molecule has 10 heteroatoms. The highest BCUT2D eigenvalue weighted by Gasteiger charge is 2.36. The van der Waals surface area contributed by atoms with Gasteiger partial charge >= 0.3 is 0 Å². The summed E-state index contributed by atoms with van der Waals surface area (Å²) in [6, 6.07) is 14.8. The summed E-state index contributed by atoms with van der Waals surface area (Å²) in [6.07, 6.45) is 4.92. The number of thioether (sulfide) groups is 1. The second-order valence-corrected chi connectivity index (χ2v) is 9.66. The number of fused-ring (bicyclic) bond motifs is 1. The number of halogens is 1. The Hall–Kier alpha value is -3.95. The maximum atomic E-state index is 12.7. The highest BCUT2D eigenvalue weighted by molar-refractivity contribution is 8.27. The van der Waals surface area contributed by atoms with Crippen LogP contribution >= 0.6 is 23.4 Å². The Morgan fingerprint density at radius 2 is 1.92 bits per heavy atom. The number of hydrogen-bond acceptors (Lipinski definition) is 7. The fourth-order valence-corrected chi connectivity index (χ4v) is 4.73. The number of hydrogen-bond donors (Lipinski definition) is 1. The van der Waals surface area contributed by atoms with Crippen molar-refractivity contribution in [1.29, 1.82) is 5.41 Å². The van der Waals surface area contributed by atoms with Crippen LogP contribution in [-0.2, 0) is 4.79 Å². The molecule has 2 aromatic carbocycles. The van der Waals surface area contributed by atoms with Crippen molar-refractivity contribution in [1.82, 2.24) is 9.99 Å². The zero-order valence-electron chi connectivity index (χ0n) is 20.1. The average molecular weight is 532 g/mol. The number of amides is 1. The Morgan fingerprint density at radius 3 is 2.68 bits per heavy atom. The van der Waals surface area contributed by atoms with E-state index in [0.29, 0.717) is 39.8 Å². The lowest BCUT2D eigenvalue weighted by atomic mass is 10.1. The summed E-state index contributed by atoms with van der Waals surface area (Å²) in [7, 11) is 0. The number of carbonyl (C=O) groups excluding carboxylic acids is 1. The molecule has 0 fully saturated rings. The smallest absolute Gasteiger partial charge is 0.283 e. The summed E-state index contributed by atoms with van der Waals surface area (Å²) in [5.41, 5.74) is 3.93. The van der Waals surface area contributed by atoms with Gasteiger partial charge in [0, 0.05) is 18.0 Å². The highest BCUT2D eigenvalue weighted by Crippen LogP contribution is 2.32. The predicted octanol–water partition coefficient (Wildman–Crippen LogP) is 5.48. The maximum absolute atomic E-state index is 12.7. The minimum absolute atomic E-state index is 0.0543. The summed E-state index contributed by atoms with van der Waals surface area (Å²) in [6.45, 7) is 4.78. The molecule has 0 aliphatic carbocycles. The first-order chi connectivity index (χ1) is 17.9. The number of benzene rings is 2. The number of amidine groups is 2. The van der Waals surface area contributed by atoms with E-state index in [0.717, 1.165) is 11.3 Å². The van der Waals surface area contributed by atoms with Crippen molar-refractivity contribution in [2.24, 2.45) is 10.1 Å². The topological polar surface area (TPSA) is 100 Å². The molecule has 3 heterocycles. The summed E-state index contributed by atoms with van der Waals surface area (Å²) in [5, 5.41) is 15.7. The van der Waals surface area contributed by atoms with E-state index in [2.05, 4.69) is 22.0 Å². The average Bonchev–Trinajstić information content (AvgIpc) is 3.32. The number of ether oxygens (including phenoxy) is 2. The molecule has 2 aliphatic rings. The van der Waals surface area contributed by atoms with Crippen LogP contribution in [0, 0.1) is 19.3 Å². The number of rotatable bonds is 7. The van der Waals surface area contributed by atoms with Gasteiger partial charge in [-0.3, -0.25) is 15.2 Å². The molecule has 186 valence electrons. The third-order valence-corrected chi connectivity index (χ3v) is 6.97. The number of hydrazone groups is 1. The zero-order valence-corrected chi connectivity index (χ0v) is 21.6. The van der Waals surface area contributed by atoms with Crippen LogP contribution in [0.25, 0.3) is 6.08 Å². The first-order valence-corrected chi connectivity index (χ1v) is 12.6. The van der Waals surface area contributed by atoms with E-state index in [1.807, 2.05) is 31.2 Å². The Labute approximate surface area is 223 Å². The molecule has 0 bridgehead atoms. The van der Waals surface area contributed by atoms with E-state index in [9.17, 15) is 4.79 Å². The van der Waals surface area contributed by atoms with Gasteiger partial charge in [0.05, 0.1) is 10.6 Å². The lowest BCUT2D eigenvalue weighted by molar-refractivity contribution is -0.114. The van der Waals surface area contributed by atoms with Gasteiger partial charge in [-0.1, -0.05) is 23.7 Å². The summed E-state index contributed by atoms with van der Waals surface area (Å²) in [4.78, 5) is 20.9. The lowest BCUT2D eigenvalue weighted by Crippen LogP contribution is -2.35. The third kappa shape index (κ3) is 5.42. The van der Waals surface area contributed by atoms with E-state index in [1.54, 1.807) is 42.7 Å². The van der Waals surface area contributed by atoms with Gasteiger partial charge in [0.15, 0.2) is 5.84 Å². The van der Waals surface area contributed by atoms with Crippen LogP contribution in [-0.4, -0.2) is 45.2 Å². The van der Waals surface area contributed by atoms with Crippen molar-refractivity contribution >= 4 is 51.4 Å². The Morgan fingerprint density at radius 1 is 1.08 bits per heavy atom. The summed E-state index contributed by atoms with van der Waals surface area (Å²) in [5.74, 6) is 0.727. The number of aryl methyl sites for hydroxylation is 2. The predicted molar refractivity (Wildman–Crippen MR) is 147 cm³/mol. The molecule has 0 saturated carbocycles. The molecular formula is C27H22ClN5O3S. The number of nitrogens with one attached hydrogen (secondary N) is 1. The van der Waals surface area contributed by atoms with Crippen LogP contribution in [0.5, 0.6) is 11.5 Å². The summed E-state index contributed by atoms with van der Waals surface area (Å²) >= 11 is 7.65. The van der Waals surface area contributed by atoms with E-state index in [-0.39, 0.29) is 11.4 Å². The van der Waals surface area contributed by atoms with Crippen LogP contribution in [0.4, 0.5) is 0 Å². The van der Waals surface area contributed by atoms with Crippen LogP contribution in [0.1, 0.15) is 22.3 Å². The molecule has 2 aliphatic heterocycles. The van der Waals surface area contributed by atoms with Gasteiger partial charge in [0.25, 0.3) is 5.91 Å². The molecule has 1 N–H and O–H groups in total. The van der Waals surface area contributed by atoms with Crippen LogP contribution in [0.2, 0.25) is 5.02 Å². The van der Waals surface area contributed by atoms with Crippen LogP contribution in [0.15, 0.2) is 76.6 Å². The minimum Gasteiger partial charge on any atom is -0.490 e. The molecule has 5 rings (SSSR count). The fourth-order valence-electron chi connectivity index (χ4n) is 3.60. The third-order valence-electron chi connectivity index (χ3n) is 5.72. The van der Waals surface area contributed by atoms with Crippen molar-refractivity contribution in [3.63, 3.8) is 0 Å². The van der Waals surface area contributed by atoms with Crippen molar-refractivity contribution in [2.75, 3.05) is 13.2 Å². The normalized spacial score (nSPS) is 16.0. The van der Waals surface area contributed by atoms with Gasteiger partial charge in [0.1, 0.15) is 29.8 Å². The second-order valence-electron chi connectivity index (χ2n) is 8.30. The van der Waals surface area contributed by atoms with Crippen molar-refractivity contribution < 1.29 is 14.3 Å². The van der Waals surface area contributed by atoms with Gasteiger partial charge in [-0.15, -0.1) is 0 Å². The Kier molecular flexibility index (Phi) is 7.07. The first-order valence-electron chi connectivity index (χ1n) is 11.4. The van der Waals surface area contributed by atoms with E-state index < -0.39 is 5.91 Å². The molecule has 1 amide bonds.